The highest BCUT2D eigenvalue weighted by atomic mass is 35.5. The Kier molecular flexibility index (Phi) is 23.6. The van der Waals surface area contributed by atoms with Gasteiger partial charge in [-0.25, -0.2) is 31.1 Å². The molecule has 2 aliphatic rings. The number of fused-ring (bicyclic) bond motifs is 2. The summed E-state index contributed by atoms with van der Waals surface area (Å²) >= 11 is 25.7. The number of urea groups is 1. The molecule has 0 bridgehead atoms. The second-order valence-electron chi connectivity index (χ2n) is 17.2. The minimum atomic E-state index is -3.78. The molecule has 0 aliphatic carbocycles. The number of carbonyl (C=O) groups is 1. The first-order valence-corrected chi connectivity index (χ1v) is 28.1. The van der Waals surface area contributed by atoms with Crippen molar-refractivity contribution in [3.8, 4) is 0 Å². The first-order valence-electron chi connectivity index (χ1n) is 23.6. The van der Waals surface area contributed by atoms with Gasteiger partial charge in [0, 0.05) is 84.3 Å². The number of nitrogens with zero attached hydrogens (tertiary/aromatic N) is 2. The number of rotatable bonds is 30. The van der Waals surface area contributed by atoms with Crippen LogP contribution < -0.4 is 20.1 Å². The fraction of sp³-hybridized carbons (Fsp3) is 0.490. The number of benzene rings is 4. The largest absolute Gasteiger partial charge is 0.378 e. The zero-order chi connectivity index (χ0) is 51.5. The molecule has 2 aliphatic heterocycles. The fourth-order valence-electron chi connectivity index (χ4n) is 8.34. The average molecular weight is 1120 g/mol. The van der Waals surface area contributed by atoms with Crippen molar-refractivity contribution in [1.29, 1.82) is 0 Å². The molecule has 0 radical (unpaired) electrons. The lowest BCUT2D eigenvalue weighted by molar-refractivity contribution is 0.0160. The summed E-state index contributed by atoms with van der Waals surface area (Å²) in [7, 11) is -3.55. The SMILES string of the molecule is CN1Cc2c(Cl)cc(Cl)cc2[C@H](c2cccc(S(=O)(=O)NCCOCCOCCOCCNC(=O)NCCOCCOCCOCCNS(=O)(=O)c3cccc([C@@H]4CN(C)Cc5c(Cl)cc(Cl)cc54)c3)c2)C1. The van der Waals surface area contributed by atoms with Crippen molar-refractivity contribution in [2.45, 2.75) is 34.7 Å². The van der Waals surface area contributed by atoms with Gasteiger partial charge >= 0.3 is 6.03 Å². The zero-order valence-corrected chi connectivity index (χ0v) is 45.1. The van der Waals surface area contributed by atoms with Gasteiger partial charge < -0.3 is 48.9 Å². The Bertz CT molecular complexity index is 2450. The molecule has 2 amide bonds. The number of sulfonamides is 2. The van der Waals surface area contributed by atoms with Crippen LogP contribution in [0.15, 0.2) is 82.6 Å². The van der Waals surface area contributed by atoms with E-state index < -0.39 is 20.0 Å². The van der Waals surface area contributed by atoms with Gasteiger partial charge in [-0.2, -0.15) is 0 Å². The van der Waals surface area contributed by atoms with E-state index in [0.29, 0.717) is 112 Å². The van der Waals surface area contributed by atoms with Crippen molar-refractivity contribution in [3.63, 3.8) is 0 Å². The quantitative estimate of drug-likeness (QED) is 0.0438. The van der Waals surface area contributed by atoms with Gasteiger partial charge in [0.25, 0.3) is 0 Å². The molecule has 4 aromatic carbocycles. The second kappa shape index (κ2) is 29.2. The summed E-state index contributed by atoms with van der Waals surface area (Å²) in [5, 5.41) is 7.69. The van der Waals surface area contributed by atoms with Crippen LogP contribution >= 0.6 is 46.4 Å². The van der Waals surface area contributed by atoms with E-state index in [1.54, 1.807) is 48.5 Å². The smallest absolute Gasteiger partial charge is 0.314 e. The van der Waals surface area contributed by atoms with Gasteiger partial charge in [-0.05, 0) is 96.0 Å². The van der Waals surface area contributed by atoms with Crippen LogP contribution in [0.1, 0.15) is 45.2 Å². The fourth-order valence-corrected chi connectivity index (χ4v) is 11.6. The van der Waals surface area contributed by atoms with Gasteiger partial charge in [0.15, 0.2) is 0 Å². The molecular formula is C49H64Cl4N6O11S2. The molecule has 17 nitrogen and oxygen atoms in total. The van der Waals surface area contributed by atoms with E-state index in [-0.39, 0.29) is 67.2 Å². The Hall–Kier alpha value is -3.19. The van der Waals surface area contributed by atoms with Gasteiger partial charge in [-0.3, -0.25) is 0 Å². The van der Waals surface area contributed by atoms with Crippen molar-refractivity contribution < 1.29 is 50.1 Å². The number of halogens is 4. The Labute approximate surface area is 443 Å². The summed E-state index contributed by atoms with van der Waals surface area (Å²) in [6, 6.07) is 20.8. The van der Waals surface area contributed by atoms with Crippen molar-refractivity contribution in [3.05, 3.63) is 126 Å². The van der Waals surface area contributed by atoms with Crippen LogP contribution in [-0.2, 0) is 61.6 Å². The van der Waals surface area contributed by atoms with E-state index >= 15 is 0 Å². The Morgan fingerprint density at radius 1 is 0.514 bits per heavy atom. The number of nitrogens with one attached hydrogen (secondary N) is 4. The molecule has 2 heterocycles. The molecule has 6 rings (SSSR count). The normalized spacial score (nSPS) is 16.4. The number of hydrogen-bond donors (Lipinski definition) is 4. The van der Waals surface area contributed by atoms with Crippen LogP contribution in [0.3, 0.4) is 0 Å². The lowest BCUT2D eigenvalue weighted by atomic mass is 9.85. The minimum Gasteiger partial charge on any atom is -0.378 e. The van der Waals surface area contributed by atoms with Crippen molar-refractivity contribution in [1.82, 2.24) is 29.9 Å². The molecule has 0 saturated heterocycles. The molecule has 4 aromatic rings. The van der Waals surface area contributed by atoms with Gasteiger partial charge in [-0.15, -0.1) is 0 Å². The number of likely N-dealkylation sites (N-methyl/N-ethyl adjacent to an activating group) is 2. The lowest BCUT2D eigenvalue weighted by Crippen LogP contribution is -2.39. The first-order chi connectivity index (χ1) is 34.6. The van der Waals surface area contributed by atoms with Crippen molar-refractivity contribution in [2.75, 3.05) is 133 Å². The van der Waals surface area contributed by atoms with E-state index in [1.165, 1.54) is 0 Å². The van der Waals surface area contributed by atoms with E-state index in [0.717, 1.165) is 33.4 Å². The Morgan fingerprint density at radius 2 is 0.861 bits per heavy atom. The van der Waals surface area contributed by atoms with Gasteiger partial charge in [-0.1, -0.05) is 70.7 Å². The highest BCUT2D eigenvalue weighted by Gasteiger charge is 2.30. The number of hydrogen-bond acceptors (Lipinski definition) is 13. The summed E-state index contributed by atoms with van der Waals surface area (Å²) in [6.45, 7) is 7.00. The molecule has 0 spiro atoms. The van der Waals surface area contributed by atoms with Crippen LogP contribution in [0.25, 0.3) is 0 Å². The molecule has 0 unspecified atom stereocenters. The number of amides is 2. The van der Waals surface area contributed by atoms with Crippen LogP contribution in [0.2, 0.25) is 20.1 Å². The van der Waals surface area contributed by atoms with Crippen molar-refractivity contribution in [2.24, 2.45) is 0 Å². The molecule has 72 heavy (non-hydrogen) atoms. The third kappa shape index (κ3) is 18.0. The van der Waals surface area contributed by atoms with E-state index in [1.807, 2.05) is 38.4 Å². The molecule has 0 saturated carbocycles. The Morgan fingerprint density at radius 3 is 1.24 bits per heavy atom. The van der Waals surface area contributed by atoms with Gasteiger partial charge in [0.2, 0.25) is 20.0 Å². The standard InChI is InChI=1S/C49H64Cl4N6O11S2/c1-58-31-43(41-27-37(50)29-47(52)45(41)33-58)35-5-3-7-39(25-35)71(61,62)56-11-15-67-19-23-69-21-17-65-13-9-54-49(60)55-10-14-66-18-22-70-24-20-68-16-12-57-72(63,64)40-8-4-6-36(26-40)44-32-59(2)34-46-42(44)28-38(51)30-48(46)53/h3-8,25-30,43-44,56-57H,9-24,31-34H2,1-2H3,(H2,54,55,60)/t43-,44-/m0/s1. The highest BCUT2D eigenvalue weighted by Crippen LogP contribution is 2.40. The Balaban J connectivity index is 0.703. The maximum Gasteiger partial charge on any atom is 0.314 e. The number of ether oxygens (including phenoxy) is 6. The topological polar surface area (TPSA) is 195 Å². The summed E-state index contributed by atoms with van der Waals surface area (Å²) in [5.41, 5.74) is 5.71. The summed E-state index contributed by atoms with van der Waals surface area (Å²) in [6.07, 6.45) is 0. The minimum absolute atomic E-state index is 0.0871. The molecule has 0 fully saturated rings. The monoisotopic (exact) mass is 1120 g/mol. The predicted molar refractivity (Wildman–Crippen MR) is 279 cm³/mol. The molecule has 396 valence electrons. The van der Waals surface area contributed by atoms with E-state index in [9.17, 15) is 21.6 Å². The zero-order valence-electron chi connectivity index (χ0n) is 40.4. The molecular weight excluding hydrogens is 1050 g/mol. The van der Waals surface area contributed by atoms with Crippen LogP contribution in [0.4, 0.5) is 4.79 Å². The van der Waals surface area contributed by atoms with Crippen LogP contribution in [-0.4, -0.2) is 165 Å². The third-order valence-corrected chi connectivity index (χ3v) is 15.8. The van der Waals surface area contributed by atoms with Crippen LogP contribution in [0.5, 0.6) is 0 Å². The molecule has 2 atom stereocenters. The summed E-state index contributed by atoms with van der Waals surface area (Å²) in [5.74, 6) is -0.174. The molecule has 0 aromatic heterocycles. The van der Waals surface area contributed by atoms with Crippen molar-refractivity contribution >= 4 is 72.5 Å². The van der Waals surface area contributed by atoms with E-state index in [4.69, 9.17) is 74.8 Å². The lowest BCUT2D eigenvalue weighted by Gasteiger charge is -2.33. The third-order valence-electron chi connectivity index (χ3n) is 11.8. The maximum atomic E-state index is 13.1. The predicted octanol–water partition coefficient (Wildman–Crippen LogP) is 6.11. The molecule has 23 heteroatoms. The second-order valence-corrected chi connectivity index (χ2v) is 22.4. The van der Waals surface area contributed by atoms with Gasteiger partial charge in [0.1, 0.15) is 0 Å². The maximum absolute atomic E-state index is 13.1. The first kappa shape index (κ1) is 58.1. The average Bonchev–Trinajstić information content (AvgIpc) is 3.34. The summed E-state index contributed by atoms with van der Waals surface area (Å²) < 4.78 is 90.8. The molecule has 4 N–H and O–H groups in total. The van der Waals surface area contributed by atoms with Crippen LogP contribution in [0, 0.1) is 0 Å². The summed E-state index contributed by atoms with van der Waals surface area (Å²) in [4.78, 5) is 16.7. The van der Waals surface area contributed by atoms with Gasteiger partial charge in [0.05, 0.1) is 89.1 Å². The highest BCUT2D eigenvalue weighted by molar-refractivity contribution is 7.89. The number of carbonyl (C=O) groups excluding carboxylic acids is 1. The van der Waals surface area contributed by atoms with E-state index in [2.05, 4.69) is 29.9 Å².